The van der Waals surface area contributed by atoms with Crippen LogP contribution in [0.1, 0.15) is 17.0 Å². The van der Waals surface area contributed by atoms with E-state index < -0.39 is 0 Å². The fraction of sp³-hybridized carbons (Fsp3) is 0.0833. The first-order valence-electron chi connectivity index (χ1n) is 9.36. The van der Waals surface area contributed by atoms with E-state index in [1.54, 1.807) is 54.6 Å². The molecular weight excluding hydrogens is 380 g/mol. The Kier molecular flexibility index (Phi) is 4.98. The van der Waals surface area contributed by atoms with Crippen molar-refractivity contribution in [3.05, 3.63) is 88.0 Å². The summed E-state index contributed by atoms with van der Waals surface area (Å²) in [6.07, 6.45) is 3.29. The van der Waals surface area contributed by atoms with Gasteiger partial charge in [-0.15, -0.1) is 0 Å². The van der Waals surface area contributed by atoms with E-state index in [9.17, 15) is 15.0 Å². The van der Waals surface area contributed by atoms with E-state index in [1.807, 2.05) is 19.1 Å². The van der Waals surface area contributed by atoms with Gasteiger partial charge in [0.25, 0.3) is 5.56 Å². The van der Waals surface area contributed by atoms with Gasteiger partial charge in [-0.05, 0) is 48.9 Å². The van der Waals surface area contributed by atoms with Gasteiger partial charge in [0.2, 0.25) is 0 Å². The Bertz CT molecular complexity index is 1320. The summed E-state index contributed by atoms with van der Waals surface area (Å²) in [5.74, 6) is 0.640. The SMILES string of the molecule is COc1cccc(/C=C/c2nc3ccccc3c(=O)n2-c2c(C)cccc2O)c1O. The third kappa shape index (κ3) is 3.28. The summed E-state index contributed by atoms with van der Waals surface area (Å²) in [4.78, 5) is 18.0. The summed E-state index contributed by atoms with van der Waals surface area (Å²) < 4.78 is 6.54. The highest BCUT2D eigenvalue weighted by Crippen LogP contribution is 2.31. The zero-order chi connectivity index (χ0) is 21.3. The number of aromatic hydroxyl groups is 2. The highest BCUT2D eigenvalue weighted by atomic mass is 16.5. The molecule has 1 aromatic heterocycles. The van der Waals surface area contributed by atoms with Crippen LogP contribution in [0.5, 0.6) is 17.2 Å². The smallest absolute Gasteiger partial charge is 0.266 e. The molecule has 0 aliphatic carbocycles. The van der Waals surface area contributed by atoms with Gasteiger partial charge in [-0.3, -0.25) is 9.36 Å². The minimum Gasteiger partial charge on any atom is -0.506 e. The Morgan fingerprint density at radius 2 is 1.73 bits per heavy atom. The fourth-order valence-electron chi connectivity index (χ4n) is 3.41. The highest BCUT2D eigenvalue weighted by Gasteiger charge is 2.16. The van der Waals surface area contributed by atoms with Crippen molar-refractivity contribution in [2.75, 3.05) is 7.11 Å². The number of para-hydroxylation sites is 3. The topological polar surface area (TPSA) is 84.6 Å². The van der Waals surface area contributed by atoms with Crippen LogP contribution in [0, 0.1) is 6.92 Å². The van der Waals surface area contributed by atoms with E-state index in [4.69, 9.17) is 4.74 Å². The van der Waals surface area contributed by atoms with Gasteiger partial charge in [-0.2, -0.15) is 0 Å². The molecule has 0 aliphatic heterocycles. The van der Waals surface area contributed by atoms with Crippen LogP contribution in [-0.4, -0.2) is 26.9 Å². The van der Waals surface area contributed by atoms with E-state index in [-0.39, 0.29) is 17.1 Å². The van der Waals surface area contributed by atoms with Crippen LogP contribution < -0.4 is 10.3 Å². The molecule has 0 saturated heterocycles. The lowest BCUT2D eigenvalue weighted by Crippen LogP contribution is -2.23. The van der Waals surface area contributed by atoms with Crippen LogP contribution in [0.3, 0.4) is 0 Å². The number of nitrogens with zero attached hydrogens (tertiary/aromatic N) is 2. The van der Waals surface area contributed by atoms with E-state index in [0.717, 1.165) is 5.56 Å². The Morgan fingerprint density at radius 1 is 0.967 bits per heavy atom. The number of aromatic nitrogens is 2. The quantitative estimate of drug-likeness (QED) is 0.534. The van der Waals surface area contributed by atoms with Crippen LogP contribution in [-0.2, 0) is 0 Å². The van der Waals surface area contributed by atoms with Crippen molar-refractivity contribution in [1.82, 2.24) is 9.55 Å². The molecule has 2 N–H and O–H groups in total. The number of methoxy groups -OCH3 is 1. The molecule has 30 heavy (non-hydrogen) atoms. The van der Waals surface area contributed by atoms with Crippen molar-refractivity contribution >= 4 is 23.1 Å². The third-order valence-corrected chi connectivity index (χ3v) is 4.90. The number of phenolic OH excluding ortho intramolecular Hbond substituents is 2. The molecule has 6 heteroatoms. The Balaban J connectivity index is 1.99. The van der Waals surface area contributed by atoms with Crippen molar-refractivity contribution in [1.29, 1.82) is 0 Å². The summed E-state index contributed by atoms with van der Waals surface area (Å²) in [6, 6.07) is 17.3. The van der Waals surface area contributed by atoms with E-state index >= 15 is 0 Å². The average Bonchev–Trinajstić information content (AvgIpc) is 2.74. The number of rotatable bonds is 4. The van der Waals surface area contributed by atoms with Crippen molar-refractivity contribution in [3.63, 3.8) is 0 Å². The number of fused-ring (bicyclic) bond motifs is 1. The summed E-state index contributed by atoms with van der Waals surface area (Å²) in [5, 5.41) is 21.3. The van der Waals surface area contributed by atoms with Gasteiger partial charge in [0.1, 0.15) is 11.6 Å². The minimum atomic E-state index is -0.292. The first-order valence-corrected chi connectivity index (χ1v) is 9.36. The van der Waals surface area contributed by atoms with Crippen molar-refractivity contribution < 1.29 is 14.9 Å². The Morgan fingerprint density at radius 3 is 2.50 bits per heavy atom. The van der Waals surface area contributed by atoms with Crippen molar-refractivity contribution in [2.45, 2.75) is 6.92 Å². The van der Waals surface area contributed by atoms with Gasteiger partial charge in [0.05, 0.1) is 23.7 Å². The molecule has 4 rings (SSSR count). The van der Waals surface area contributed by atoms with E-state index in [1.165, 1.54) is 17.7 Å². The average molecular weight is 400 g/mol. The molecule has 0 radical (unpaired) electrons. The molecule has 150 valence electrons. The summed E-state index contributed by atoms with van der Waals surface area (Å²) in [5.41, 5.74) is 1.86. The number of ether oxygens (including phenoxy) is 1. The largest absolute Gasteiger partial charge is 0.506 e. The predicted octanol–water partition coefficient (Wildman–Crippen LogP) is 4.28. The molecule has 0 aliphatic rings. The van der Waals surface area contributed by atoms with Crippen molar-refractivity contribution in [3.8, 4) is 22.9 Å². The molecule has 0 saturated carbocycles. The second-order valence-corrected chi connectivity index (χ2v) is 6.80. The van der Waals surface area contributed by atoms with Gasteiger partial charge in [-0.1, -0.05) is 36.4 Å². The Labute approximate surface area is 173 Å². The van der Waals surface area contributed by atoms with Crippen LogP contribution in [0.15, 0.2) is 65.5 Å². The second-order valence-electron chi connectivity index (χ2n) is 6.80. The number of phenols is 2. The van der Waals surface area contributed by atoms with Crippen molar-refractivity contribution in [2.24, 2.45) is 0 Å². The number of benzene rings is 3. The van der Waals surface area contributed by atoms with Crippen LogP contribution in [0.25, 0.3) is 28.7 Å². The lowest BCUT2D eigenvalue weighted by atomic mass is 10.1. The van der Waals surface area contributed by atoms with Gasteiger partial charge in [0, 0.05) is 5.56 Å². The Hall–Kier alpha value is -4.06. The standard InChI is InChI=1S/C24H20N2O4/c1-15-7-5-11-19(27)22(15)26-21(25-18-10-4-3-9-17(18)24(26)29)14-13-16-8-6-12-20(30-2)23(16)28/h3-14,27-28H,1-2H3/b14-13+. The molecular formula is C24H20N2O4. The number of hydrogen-bond acceptors (Lipinski definition) is 5. The molecule has 3 aromatic carbocycles. The van der Waals surface area contributed by atoms with Gasteiger partial charge in [0.15, 0.2) is 11.5 Å². The van der Waals surface area contributed by atoms with E-state index in [0.29, 0.717) is 33.7 Å². The maximum atomic E-state index is 13.3. The summed E-state index contributed by atoms with van der Waals surface area (Å²) in [7, 11) is 1.48. The predicted molar refractivity (Wildman–Crippen MR) is 117 cm³/mol. The molecule has 0 amide bonds. The number of aryl methyl sites for hydroxylation is 1. The molecule has 4 aromatic rings. The molecule has 0 fully saturated rings. The molecule has 6 nitrogen and oxygen atoms in total. The first kappa shape index (κ1) is 19.3. The maximum Gasteiger partial charge on any atom is 0.266 e. The van der Waals surface area contributed by atoms with Gasteiger partial charge >= 0.3 is 0 Å². The molecule has 0 atom stereocenters. The van der Waals surface area contributed by atoms with Crippen LogP contribution in [0.2, 0.25) is 0 Å². The van der Waals surface area contributed by atoms with Crippen LogP contribution >= 0.6 is 0 Å². The van der Waals surface area contributed by atoms with Gasteiger partial charge in [-0.25, -0.2) is 4.98 Å². The zero-order valence-electron chi connectivity index (χ0n) is 16.5. The zero-order valence-corrected chi connectivity index (χ0v) is 16.5. The third-order valence-electron chi connectivity index (χ3n) is 4.90. The lowest BCUT2D eigenvalue weighted by Gasteiger charge is -2.15. The van der Waals surface area contributed by atoms with Crippen LogP contribution in [0.4, 0.5) is 0 Å². The molecule has 1 heterocycles. The lowest BCUT2D eigenvalue weighted by molar-refractivity contribution is 0.373. The maximum absolute atomic E-state index is 13.3. The molecule has 0 spiro atoms. The van der Waals surface area contributed by atoms with E-state index in [2.05, 4.69) is 4.98 Å². The summed E-state index contributed by atoms with van der Waals surface area (Å²) >= 11 is 0. The normalized spacial score (nSPS) is 11.3. The molecule has 0 bridgehead atoms. The second kappa shape index (κ2) is 7.75. The number of hydrogen-bond donors (Lipinski definition) is 2. The van der Waals surface area contributed by atoms with Gasteiger partial charge < -0.3 is 14.9 Å². The monoisotopic (exact) mass is 400 g/mol. The fourth-order valence-corrected chi connectivity index (χ4v) is 3.41. The highest BCUT2D eigenvalue weighted by molar-refractivity contribution is 5.81. The first-order chi connectivity index (χ1) is 14.5. The summed E-state index contributed by atoms with van der Waals surface area (Å²) in [6.45, 7) is 1.82. The minimum absolute atomic E-state index is 0.00956. The molecule has 0 unspecified atom stereocenters.